The van der Waals surface area contributed by atoms with Crippen molar-refractivity contribution in [3.63, 3.8) is 0 Å². The molecule has 0 saturated heterocycles. The highest BCUT2D eigenvalue weighted by molar-refractivity contribution is 5.31. The molecule has 5 nitrogen and oxygen atoms in total. The molecule has 1 heterocycles. The predicted octanol–water partition coefficient (Wildman–Crippen LogP) is 1.60. The van der Waals surface area contributed by atoms with Crippen LogP contribution in [-0.4, -0.2) is 21.5 Å². The molecule has 1 aromatic heterocycles. The molecule has 0 saturated carbocycles. The van der Waals surface area contributed by atoms with Crippen LogP contribution >= 0.6 is 0 Å². The zero-order valence-corrected chi connectivity index (χ0v) is 11.0. The van der Waals surface area contributed by atoms with Crippen LogP contribution in [0.4, 0.5) is 5.82 Å². The highest BCUT2D eigenvalue weighted by Crippen LogP contribution is 2.15. The van der Waals surface area contributed by atoms with Crippen molar-refractivity contribution in [3.8, 4) is 5.75 Å². The summed E-state index contributed by atoms with van der Waals surface area (Å²) in [6.45, 7) is 2.90. The van der Waals surface area contributed by atoms with Crippen LogP contribution in [0.1, 0.15) is 18.2 Å². The normalized spacial score (nSPS) is 10.6. The van der Waals surface area contributed by atoms with Crippen molar-refractivity contribution in [3.05, 3.63) is 41.6 Å². The molecule has 2 aromatic rings. The quantitative estimate of drug-likeness (QED) is 0.828. The van der Waals surface area contributed by atoms with E-state index < -0.39 is 0 Å². The van der Waals surface area contributed by atoms with Crippen LogP contribution in [0, 0.1) is 0 Å². The number of aliphatic hydroxyl groups excluding tert-OH is 1. The Balaban J connectivity index is 1.95. The van der Waals surface area contributed by atoms with E-state index in [1.54, 1.807) is 10.7 Å². The fraction of sp³-hybridized carbons (Fsp3) is 0.357. The maximum atomic E-state index is 8.86. The standard InChI is InChI=1S/C14H19N3O2/c1-2-11-3-5-13(6-4-11)19-10-12-9-14(15)17(16-12)7-8-18/h3-6,9,18H,2,7-8,10,15H2,1H3. The summed E-state index contributed by atoms with van der Waals surface area (Å²) < 4.78 is 7.21. The number of aliphatic hydroxyl groups is 1. The van der Waals surface area contributed by atoms with E-state index in [9.17, 15) is 0 Å². The average Bonchev–Trinajstić information content (AvgIpc) is 2.78. The van der Waals surface area contributed by atoms with E-state index >= 15 is 0 Å². The molecule has 5 heteroatoms. The molecule has 0 spiro atoms. The molecule has 102 valence electrons. The van der Waals surface area contributed by atoms with Gasteiger partial charge in [-0.2, -0.15) is 5.10 Å². The van der Waals surface area contributed by atoms with Gasteiger partial charge in [-0.3, -0.25) is 0 Å². The van der Waals surface area contributed by atoms with Gasteiger partial charge in [0.25, 0.3) is 0 Å². The molecule has 3 N–H and O–H groups in total. The molecule has 2 rings (SSSR count). The Hall–Kier alpha value is -2.01. The van der Waals surface area contributed by atoms with Crippen LogP contribution < -0.4 is 10.5 Å². The zero-order valence-electron chi connectivity index (χ0n) is 11.0. The van der Waals surface area contributed by atoms with E-state index in [4.69, 9.17) is 15.6 Å². The zero-order chi connectivity index (χ0) is 13.7. The van der Waals surface area contributed by atoms with Gasteiger partial charge in [0, 0.05) is 6.07 Å². The first kappa shape index (κ1) is 13.4. The largest absolute Gasteiger partial charge is 0.487 e. The highest BCUT2D eigenvalue weighted by Gasteiger charge is 2.05. The van der Waals surface area contributed by atoms with Crippen molar-refractivity contribution in [1.29, 1.82) is 0 Å². The molecule has 0 radical (unpaired) electrons. The van der Waals surface area contributed by atoms with E-state index in [-0.39, 0.29) is 6.61 Å². The summed E-state index contributed by atoms with van der Waals surface area (Å²) in [5.74, 6) is 1.35. The van der Waals surface area contributed by atoms with E-state index in [0.29, 0.717) is 19.0 Å². The lowest BCUT2D eigenvalue weighted by molar-refractivity contribution is 0.267. The third-order valence-electron chi connectivity index (χ3n) is 2.89. The topological polar surface area (TPSA) is 73.3 Å². The lowest BCUT2D eigenvalue weighted by atomic mass is 10.2. The number of anilines is 1. The second-order valence-electron chi connectivity index (χ2n) is 4.29. The number of benzene rings is 1. The monoisotopic (exact) mass is 261 g/mol. The Bertz CT molecular complexity index is 520. The lowest BCUT2D eigenvalue weighted by Crippen LogP contribution is -2.08. The number of nitrogen functional groups attached to an aromatic ring is 1. The molecule has 0 aliphatic rings. The predicted molar refractivity (Wildman–Crippen MR) is 73.9 cm³/mol. The molecule has 0 aliphatic carbocycles. The van der Waals surface area contributed by atoms with Crippen LogP contribution in [0.25, 0.3) is 0 Å². The number of aromatic nitrogens is 2. The molecular formula is C14H19N3O2. The number of nitrogens with zero attached hydrogens (tertiary/aromatic N) is 2. The first-order valence-electron chi connectivity index (χ1n) is 6.37. The molecule has 0 aliphatic heterocycles. The summed E-state index contributed by atoms with van der Waals surface area (Å²) in [6, 6.07) is 9.76. The first-order valence-corrected chi connectivity index (χ1v) is 6.37. The van der Waals surface area contributed by atoms with Gasteiger partial charge in [-0.05, 0) is 24.1 Å². The van der Waals surface area contributed by atoms with Crippen molar-refractivity contribution in [2.75, 3.05) is 12.3 Å². The molecule has 0 amide bonds. The molecule has 0 bridgehead atoms. The number of aryl methyl sites for hydroxylation is 1. The van der Waals surface area contributed by atoms with Crippen LogP contribution in [0.3, 0.4) is 0 Å². The average molecular weight is 261 g/mol. The Kier molecular flexibility index (Phi) is 4.41. The number of ether oxygens (including phenoxy) is 1. The van der Waals surface area contributed by atoms with Gasteiger partial charge in [0.2, 0.25) is 0 Å². The van der Waals surface area contributed by atoms with Gasteiger partial charge >= 0.3 is 0 Å². The summed E-state index contributed by atoms with van der Waals surface area (Å²) in [6.07, 6.45) is 1.02. The molecule has 1 aromatic carbocycles. The van der Waals surface area contributed by atoms with Gasteiger partial charge in [0.1, 0.15) is 23.9 Å². The Morgan fingerprint density at radius 2 is 2.05 bits per heavy atom. The van der Waals surface area contributed by atoms with E-state index in [1.165, 1.54) is 5.56 Å². The van der Waals surface area contributed by atoms with Gasteiger partial charge in [-0.15, -0.1) is 0 Å². The summed E-state index contributed by atoms with van der Waals surface area (Å²) in [5.41, 5.74) is 7.80. The number of hydrogen-bond acceptors (Lipinski definition) is 4. The van der Waals surface area contributed by atoms with E-state index in [0.717, 1.165) is 17.9 Å². The first-order chi connectivity index (χ1) is 9.22. The number of hydrogen-bond donors (Lipinski definition) is 2. The Labute approximate surface area is 112 Å². The van der Waals surface area contributed by atoms with Crippen LogP contribution in [0.15, 0.2) is 30.3 Å². The van der Waals surface area contributed by atoms with E-state index in [2.05, 4.69) is 12.0 Å². The smallest absolute Gasteiger partial charge is 0.132 e. The van der Waals surface area contributed by atoms with Crippen LogP contribution in [0.5, 0.6) is 5.75 Å². The van der Waals surface area contributed by atoms with Crippen molar-refractivity contribution >= 4 is 5.82 Å². The third-order valence-corrected chi connectivity index (χ3v) is 2.89. The molecule has 0 unspecified atom stereocenters. The summed E-state index contributed by atoms with van der Waals surface area (Å²) in [4.78, 5) is 0. The minimum absolute atomic E-state index is 0.0185. The van der Waals surface area contributed by atoms with Crippen molar-refractivity contribution < 1.29 is 9.84 Å². The molecule has 0 fully saturated rings. The second kappa shape index (κ2) is 6.24. The fourth-order valence-electron chi connectivity index (χ4n) is 1.81. The summed E-state index contributed by atoms with van der Waals surface area (Å²) in [7, 11) is 0. The Morgan fingerprint density at radius 3 is 2.68 bits per heavy atom. The van der Waals surface area contributed by atoms with Crippen molar-refractivity contribution in [2.24, 2.45) is 0 Å². The van der Waals surface area contributed by atoms with Gasteiger partial charge < -0.3 is 15.6 Å². The maximum absolute atomic E-state index is 8.86. The maximum Gasteiger partial charge on any atom is 0.132 e. The van der Waals surface area contributed by atoms with Crippen LogP contribution in [0.2, 0.25) is 0 Å². The molecule has 0 atom stereocenters. The fourth-order valence-corrected chi connectivity index (χ4v) is 1.81. The minimum atomic E-state index is 0.0185. The SMILES string of the molecule is CCc1ccc(OCc2cc(N)n(CCO)n2)cc1. The summed E-state index contributed by atoms with van der Waals surface area (Å²) in [5, 5.41) is 13.1. The van der Waals surface area contributed by atoms with Crippen molar-refractivity contribution in [1.82, 2.24) is 9.78 Å². The third kappa shape index (κ3) is 3.48. The summed E-state index contributed by atoms with van der Waals surface area (Å²) >= 11 is 0. The highest BCUT2D eigenvalue weighted by atomic mass is 16.5. The van der Waals surface area contributed by atoms with E-state index in [1.807, 2.05) is 24.3 Å². The second-order valence-corrected chi connectivity index (χ2v) is 4.29. The Morgan fingerprint density at radius 1 is 1.32 bits per heavy atom. The molecule has 19 heavy (non-hydrogen) atoms. The van der Waals surface area contributed by atoms with Gasteiger partial charge in [-0.1, -0.05) is 19.1 Å². The van der Waals surface area contributed by atoms with Gasteiger partial charge in [0.05, 0.1) is 13.2 Å². The van der Waals surface area contributed by atoms with Gasteiger partial charge in [-0.25, -0.2) is 4.68 Å². The van der Waals surface area contributed by atoms with Crippen LogP contribution in [-0.2, 0) is 19.6 Å². The molecular weight excluding hydrogens is 242 g/mol. The number of rotatable bonds is 6. The minimum Gasteiger partial charge on any atom is -0.487 e. The number of nitrogens with two attached hydrogens (primary N) is 1. The lowest BCUT2D eigenvalue weighted by Gasteiger charge is -2.05. The van der Waals surface area contributed by atoms with Crippen molar-refractivity contribution in [2.45, 2.75) is 26.5 Å². The van der Waals surface area contributed by atoms with Gasteiger partial charge in [0.15, 0.2) is 0 Å².